The van der Waals surface area contributed by atoms with E-state index in [-0.39, 0.29) is 0 Å². The zero-order valence-electron chi connectivity index (χ0n) is 8.72. The third-order valence-electron chi connectivity index (χ3n) is 4.17. The van der Waals surface area contributed by atoms with E-state index in [0.717, 1.165) is 11.8 Å². The number of hydrogen-bond acceptors (Lipinski definition) is 1. The summed E-state index contributed by atoms with van der Waals surface area (Å²) in [6.07, 6.45) is 3.17. The minimum Gasteiger partial charge on any atom is -0.198 e. The third-order valence-corrected chi connectivity index (χ3v) is 4.17. The Morgan fingerprint density at radius 1 is 1.46 bits per heavy atom. The van der Waals surface area contributed by atoms with Gasteiger partial charge in [-0.25, -0.2) is 0 Å². The van der Waals surface area contributed by atoms with Crippen molar-refractivity contribution in [3.63, 3.8) is 0 Å². The summed E-state index contributed by atoms with van der Waals surface area (Å²) in [7, 11) is 0. The third kappa shape index (κ3) is 1.20. The van der Waals surface area contributed by atoms with Crippen LogP contribution in [0.5, 0.6) is 0 Å². The molecule has 0 aromatic rings. The van der Waals surface area contributed by atoms with Crippen molar-refractivity contribution in [1.82, 2.24) is 0 Å². The van der Waals surface area contributed by atoms with Gasteiger partial charge >= 0.3 is 0 Å². The lowest BCUT2D eigenvalue weighted by atomic mass is 9.94. The summed E-state index contributed by atoms with van der Waals surface area (Å²) in [5.41, 5.74) is 3.53. The molecule has 2 aliphatic rings. The topological polar surface area (TPSA) is 23.8 Å². The van der Waals surface area contributed by atoms with Gasteiger partial charge in [-0.1, -0.05) is 25.0 Å². The summed E-state index contributed by atoms with van der Waals surface area (Å²) >= 11 is 0. The Balaban J connectivity index is 2.05. The van der Waals surface area contributed by atoms with Gasteiger partial charge in [0.25, 0.3) is 0 Å². The molecule has 70 valence electrons. The highest BCUT2D eigenvalue weighted by Gasteiger charge is 2.60. The van der Waals surface area contributed by atoms with Crippen LogP contribution in [0.25, 0.3) is 0 Å². The van der Waals surface area contributed by atoms with Crippen molar-refractivity contribution in [2.45, 2.75) is 40.0 Å². The fourth-order valence-electron chi connectivity index (χ4n) is 2.87. The number of nitriles is 1. The summed E-state index contributed by atoms with van der Waals surface area (Å²) < 4.78 is 0. The van der Waals surface area contributed by atoms with Crippen molar-refractivity contribution in [1.29, 1.82) is 5.26 Å². The zero-order chi connectivity index (χ0) is 9.64. The van der Waals surface area contributed by atoms with E-state index in [1.807, 2.05) is 0 Å². The first kappa shape index (κ1) is 8.81. The van der Waals surface area contributed by atoms with Gasteiger partial charge in [0.2, 0.25) is 0 Å². The van der Waals surface area contributed by atoms with Gasteiger partial charge in [0.05, 0.1) is 12.5 Å². The van der Waals surface area contributed by atoms with Crippen LogP contribution < -0.4 is 0 Å². The van der Waals surface area contributed by atoms with Crippen LogP contribution in [0, 0.1) is 28.6 Å². The van der Waals surface area contributed by atoms with Gasteiger partial charge in [-0.15, -0.1) is 0 Å². The molecule has 0 aromatic heterocycles. The number of hydrogen-bond donors (Lipinski definition) is 0. The van der Waals surface area contributed by atoms with Gasteiger partial charge in [-0.3, -0.25) is 0 Å². The molecule has 2 fully saturated rings. The van der Waals surface area contributed by atoms with Crippen LogP contribution in [0.4, 0.5) is 0 Å². The molecule has 0 aliphatic heterocycles. The highest BCUT2D eigenvalue weighted by Crippen LogP contribution is 2.68. The lowest BCUT2D eigenvalue weighted by Crippen LogP contribution is -1.99. The van der Waals surface area contributed by atoms with E-state index in [4.69, 9.17) is 5.26 Å². The van der Waals surface area contributed by atoms with Crippen LogP contribution >= 0.6 is 0 Å². The summed E-state index contributed by atoms with van der Waals surface area (Å²) in [5.74, 6) is 1.85. The summed E-state index contributed by atoms with van der Waals surface area (Å²) in [4.78, 5) is 0. The molecule has 0 bridgehead atoms. The van der Waals surface area contributed by atoms with Crippen molar-refractivity contribution < 1.29 is 0 Å². The van der Waals surface area contributed by atoms with Crippen molar-refractivity contribution in [2.24, 2.45) is 17.3 Å². The molecule has 2 unspecified atom stereocenters. The Kier molecular flexibility index (Phi) is 1.77. The molecule has 0 N–H and O–H groups in total. The molecule has 2 rings (SSSR count). The van der Waals surface area contributed by atoms with Crippen LogP contribution in [0.3, 0.4) is 0 Å². The molecule has 1 nitrogen and oxygen atoms in total. The second-order valence-electron chi connectivity index (χ2n) is 5.16. The lowest BCUT2D eigenvalue weighted by Gasteiger charge is -2.11. The van der Waals surface area contributed by atoms with Gasteiger partial charge in [0, 0.05) is 0 Å². The fraction of sp³-hybridized carbons (Fsp3) is 0.750. The Hall–Kier alpha value is -0.770. The number of nitrogens with zero attached hydrogens (tertiary/aromatic N) is 1. The molecule has 0 radical (unpaired) electrons. The van der Waals surface area contributed by atoms with Gasteiger partial charge in [0.15, 0.2) is 0 Å². The highest BCUT2D eigenvalue weighted by atomic mass is 14.6. The van der Waals surface area contributed by atoms with E-state index in [0.29, 0.717) is 11.8 Å². The maximum Gasteiger partial charge on any atom is 0.0666 e. The minimum absolute atomic E-state index is 0.608. The largest absolute Gasteiger partial charge is 0.198 e. The second kappa shape index (κ2) is 2.61. The fourth-order valence-corrected chi connectivity index (χ4v) is 2.87. The standard InChI is InChI=1S/C12H17N/c1-8(4-5-13)9-6-10-11(7-9)12(10,2)3/h10-11H,4,6-7H2,1-3H3. The van der Waals surface area contributed by atoms with Crippen molar-refractivity contribution in [3.8, 4) is 6.07 Å². The summed E-state index contributed by atoms with van der Waals surface area (Å²) in [6, 6.07) is 2.24. The first-order valence-electron chi connectivity index (χ1n) is 5.12. The number of rotatable bonds is 1. The normalized spacial score (nSPS) is 33.8. The highest BCUT2D eigenvalue weighted by molar-refractivity contribution is 5.28. The van der Waals surface area contributed by atoms with E-state index in [2.05, 4.69) is 26.8 Å². The summed E-state index contributed by atoms with van der Waals surface area (Å²) in [6.45, 7) is 6.87. The van der Waals surface area contributed by atoms with Crippen LogP contribution in [0.15, 0.2) is 11.1 Å². The first-order chi connectivity index (χ1) is 6.07. The molecular weight excluding hydrogens is 158 g/mol. The average Bonchev–Trinajstić information content (AvgIpc) is 2.53. The first-order valence-corrected chi connectivity index (χ1v) is 5.12. The van der Waals surface area contributed by atoms with E-state index in [9.17, 15) is 0 Å². The molecular formula is C12H17N. The quantitative estimate of drug-likeness (QED) is 0.561. The average molecular weight is 175 g/mol. The van der Waals surface area contributed by atoms with Crippen LogP contribution in [-0.4, -0.2) is 0 Å². The van der Waals surface area contributed by atoms with Crippen molar-refractivity contribution >= 4 is 0 Å². The molecule has 0 spiro atoms. The number of allylic oxidation sites excluding steroid dienone is 2. The van der Waals surface area contributed by atoms with Crippen LogP contribution in [0.1, 0.15) is 40.0 Å². The van der Waals surface area contributed by atoms with E-state index < -0.39 is 0 Å². The Morgan fingerprint density at radius 3 is 2.46 bits per heavy atom. The van der Waals surface area contributed by atoms with Gasteiger partial charge in [-0.05, 0) is 37.0 Å². The van der Waals surface area contributed by atoms with Gasteiger partial charge in [0.1, 0.15) is 0 Å². The monoisotopic (exact) mass is 175 g/mol. The Labute approximate surface area is 80.4 Å². The zero-order valence-corrected chi connectivity index (χ0v) is 8.72. The van der Waals surface area contributed by atoms with Gasteiger partial charge < -0.3 is 0 Å². The van der Waals surface area contributed by atoms with Gasteiger partial charge in [-0.2, -0.15) is 5.26 Å². The molecule has 0 amide bonds. The molecule has 2 aliphatic carbocycles. The molecule has 0 heterocycles. The van der Waals surface area contributed by atoms with E-state index >= 15 is 0 Å². The smallest absolute Gasteiger partial charge is 0.0666 e. The molecule has 2 saturated carbocycles. The summed E-state index contributed by atoms with van der Waals surface area (Å²) in [5, 5.41) is 8.59. The van der Waals surface area contributed by atoms with Crippen molar-refractivity contribution in [3.05, 3.63) is 11.1 Å². The van der Waals surface area contributed by atoms with E-state index in [1.165, 1.54) is 18.4 Å². The predicted octanol–water partition coefficient (Wildman–Crippen LogP) is 3.28. The van der Waals surface area contributed by atoms with Crippen LogP contribution in [-0.2, 0) is 0 Å². The molecule has 1 heteroatoms. The maximum atomic E-state index is 8.59. The van der Waals surface area contributed by atoms with Crippen molar-refractivity contribution in [2.75, 3.05) is 0 Å². The Bertz CT molecular complexity index is 288. The SMILES string of the molecule is CC(CC#N)=C1CC2C(C1)C2(C)C. The molecule has 0 aromatic carbocycles. The lowest BCUT2D eigenvalue weighted by molar-refractivity contribution is 0.503. The predicted molar refractivity (Wildman–Crippen MR) is 52.9 cm³/mol. The molecule has 2 atom stereocenters. The maximum absolute atomic E-state index is 8.59. The number of fused-ring (bicyclic) bond motifs is 1. The minimum atomic E-state index is 0.608. The molecule has 13 heavy (non-hydrogen) atoms. The molecule has 0 saturated heterocycles. The van der Waals surface area contributed by atoms with Crippen LogP contribution in [0.2, 0.25) is 0 Å². The second-order valence-corrected chi connectivity index (χ2v) is 5.16. The van der Waals surface area contributed by atoms with E-state index in [1.54, 1.807) is 5.57 Å². The Morgan fingerprint density at radius 2 is 2.00 bits per heavy atom.